The van der Waals surface area contributed by atoms with Crippen LogP contribution in [0.3, 0.4) is 0 Å². The van der Waals surface area contributed by atoms with Crippen LogP contribution in [0.1, 0.15) is 36.8 Å². The summed E-state index contributed by atoms with van der Waals surface area (Å²) in [6, 6.07) is 6.76. The third kappa shape index (κ3) is 2.39. The highest BCUT2D eigenvalue weighted by molar-refractivity contribution is 6.04. The molecule has 1 heterocycles. The Morgan fingerprint density at radius 1 is 1.20 bits per heavy atom. The number of hydrogen-bond donors (Lipinski definition) is 2. The molecule has 2 rings (SSSR count). The zero-order valence-electron chi connectivity index (χ0n) is 12.0. The summed E-state index contributed by atoms with van der Waals surface area (Å²) in [5, 5.41) is 10.3. The predicted molar refractivity (Wildman–Crippen MR) is 79.0 cm³/mol. The highest BCUT2D eigenvalue weighted by Gasteiger charge is 2.20. The quantitative estimate of drug-likeness (QED) is 0.881. The van der Waals surface area contributed by atoms with Crippen molar-refractivity contribution in [1.29, 1.82) is 0 Å². The Hall–Kier alpha value is -2.30. The maximum Gasteiger partial charge on any atom is 0.338 e. The highest BCUT2D eigenvalue weighted by atomic mass is 16.4. The van der Waals surface area contributed by atoms with Gasteiger partial charge in [0.2, 0.25) is 0 Å². The number of carboxylic acids is 1. The van der Waals surface area contributed by atoms with Gasteiger partial charge in [-0.05, 0) is 33.8 Å². The second-order valence-corrected chi connectivity index (χ2v) is 5.81. The number of hydrogen-bond acceptors (Lipinski definition) is 3. The van der Waals surface area contributed by atoms with Crippen molar-refractivity contribution in [3.8, 4) is 0 Å². The van der Waals surface area contributed by atoms with Gasteiger partial charge in [-0.1, -0.05) is 18.2 Å². The van der Waals surface area contributed by atoms with Crippen LogP contribution in [0.5, 0.6) is 0 Å². The second kappa shape index (κ2) is 4.67. The van der Waals surface area contributed by atoms with E-state index in [0.717, 1.165) is 0 Å². The van der Waals surface area contributed by atoms with E-state index in [2.05, 4.69) is 5.43 Å². The van der Waals surface area contributed by atoms with Crippen LogP contribution in [-0.2, 0) is 0 Å². The van der Waals surface area contributed by atoms with Crippen molar-refractivity contribution in [2.24, 2.45) is 0 Å². The Morgan fingerprint density at radius 3 is 2.25 bits per heavy atom. The molecule has 0 aliphatic heterocycles. The first-order valence-corrected chi connectivity index (χ1v) is 6.38. The van der Waals surface area contributed by atoms with Crippen molar-refractivity contribution in [2.75, 3.05) is 5.43 Å². The van der Waals surface area contributed by atoms with Crippen LogP contribution in [0.2, 0.25) is 0 Å². The fraction of sp³-hybridized carbons (Fsp3) is 0.333. The van der Waals surface area contributed by atoms with Gasteiger partial charge in [0.1, 0.15) is 0 Å². The molecule has 5 heteroatoms. The number of aromatic nitrogens is 1. The highest BCUT2D eigenvalue weighted by Crippen LogP contribution is 2.19. The molecule has 0 amide bonds. The van der Waals surface area contributed by atoms with E-state index in [1.807, 2.05) is 20.8 Å². The zero-order chi connectivity index (χ0) is 15.1. The van der Waals surface area contributed by atoms with Gasteiger partial charge in [0, 0.05) is 16.3 Å². The predicted octanol–water partition coefficient (Wildman–Crippen LogP) is 2.35. The van der Waals surface area contributed by atoms with Gasteiger partial charge in [0.25, 0.3) is 5.56 Å². The van der Waals surface area contributed by atoms with Crippen LogP contribution in [-0.4, -0.2) is 21.3 Å². The van der Waals surface area contributed by atoms with E-state index in [0.29, 0.717) is 16.5 Å². The molecule has 106 valence electrons. The Bertz CT molecular complexity index is 739. The first-order valence-electron chi connectivity index (χ1n) is 6.38. The smallest absolute Gasteiger partial charge is 0.338 e. The number of rotatable bonds is 2. The summed E-state index contributed by atoms with van der Waals surface area (Å²) >= 11 is 0. The minimum atomic E-state index is -1.04. The molecule has 0 unspecified atom stereocenters. The van der Waals surface area contributed by atoms with Crippen molar-refractivity contribution in [2.45, 2.75) is 33.2 Å². The monoisotopic (exact) mass is 274 g/mol. The lowest BCUT2D eigenvalue weighted by Gasteiger charge is -2.26. The Balaban J connectivity index is 2.90. The number of carbonyl (C=O) groups is 1. The van der Waals surface area contributed by atoms with Gasteiger partial charge in [-0.3, -0.25) is 4.79 Å². The summed E-state index contributed by atoms with van der Waals surface area (Å²) in [7, 11) is 0. The van der Waals surface area contributed by atoms with E-state index in [9.17, 15) is 14.7 Å². The van der Waals surface area contributed by atoms with Gasteiger partial charge in [-0.15, -0.1) is 0 Å². The number of aromatic carboxylic acids is 1. The topological polar surface area (TPSA) is 71.3 Å². The zero-order valence-corrected chi connectivity index (χ0v) is 12.0. The fourth-order valence-electron chi connectivity index (χ4n) is 2.21. The standard InChI is InChI=1S/C15H18N2O3/c1-9-12(14(19)20)10-7-5-6-8-11(10)13(18)17(9)16-15(2,3)4/h5-8,16H,1-4H3,(H,19,20). The molecule has 1 aromatic heterocycles. The van der Waals surface area contributed by atoms with Crippen molar-refractivity contribution >= 4 is 16.7 Å². The summed E-state index contributed by atoms with van der Waals surface area (Å²) in [4.78, 5) is 24.0. The molecule has 2 N–H and O–H groups in total. The molecular weight excluding hydrogens is 256 g/mol. The summed E-state index contributed by atoms with van der Waals surface area (Å²) in [6.07, 6.45) is 0. The molecule has 0 aliphatic rings. The number of pyridine rings is 1. The largest absolute Gasteiger partial charge is 0.478 e. The van der Waals surface area contributed by atoms with Gasteiger partial charge < -0.3 is 10.5 Å². The van der Waals surface area contributed by atoms with Crippen molar-refractivity contribution < 1.29 is 9.90 Å². The summed E-state index contributed by atoms with van der Waals surface area (Å²) < 4.78 is 1.33. The lowest BCUT2D eigenvalue weighted by atomic mass is 10.0. The van der Waals surface area contributed by atoms with Gasteiger partial charge in [0.15, 0.2) is 0 Å². The molecule has 0 saturated heterocycles. The number of nitrogens with zero attached hydrogens (tertiary/aromatic N) is 1. The second-order valence-electron chi connectivity index (χ2n) is 5.81. The minimum Gasteiger partial charge on any atom is -0.478 e. The molecule has 5 nitrogen and oxygen atoms in total. The van der Waals surface area contributed by atoms with E-state index in [-0.39, 0.29) is 16.7 Å². The Kier molecular flexibility index (Phi) is 3.29. The number of benzene rings is 1. The van der Waals surface area contributed by atoms with Crippen LogP contribution in [0.15, 0.2) is 29.1 Å². The maximum atomic E-state index is 12.5. The van der Waals surface area contributed by atoms with Gasteiger partial charge in [-0.25, -0.2) is 9.47 Å². The lowest BCUT2D eigenvalue weighted by molar-refractivity contribution is 0.0697. The average Bonchev–Trinajstić information content (AvgIpc) is 2.33. The number of fused-ring (bicyclic) bond motifs is 1. The molecule has 0 saturated carbocycles. The van der Waals surface area contributed by atoms with Crippen LogP contribution in [0, 0.1) is 6.92 Å². The van der Waals surface area contributed by atoms with Crippen molar-refractivity contribution in [3.63, 3.8) is 0 Å². The minimum absolute atomic E-state index is 0.150. The molecule has 0 aliphatic carbocycles. The van der Waals surface area contributed by atoms with Gasteiger partial charge >= 0.3 is 5.97 Å². The Labute approximate surface area is 116 Å². The van der Waals surface area contributed by atoms with Crippen molar-refractivity contribution in [3.05, 3.63) is 45.9 Å². The number of nitrogens with one attached hydrogen (secondary N) is 1. The van der Waals surface area contributed by atoms with Crippen LogP contribution < -0.4 is 11.0 Å². The molecule has 0 atom stereocenters. The first kappa shape index (κ1) is 14.1. The molecule has 0 fully saturated rings. The summed E-state index contributed by atoms with van der Waals surface area (Å²) in [5.41, 5.74) is 3.00. The average molecular weight is 274 g/mol. The van der Waals surface area contributed by atoms with Crippen LogP contribution >= 0.6 is 0 Å². The summed E-state index contributed by atoms with van der Waals surface area (Å²) in [5.74, 6) is -1.04. The molecule has 0 radical (unpaired) electrons. The third-order valence-corrected chi connectivity index (χ3v) is 2.99. The molecule has 0 spiro atoms. The van der Waals surface area contributed by atoms with E-state index in [1.54, 1.807) is 31.2 Å². The molecule has 1 aromatic carbocycles. The molecule has 20 heavy (non-hydrogen) atoms. The molecule has 2 aromatic rings. The molecular formula is C15H18N2O3. The SMILES string of the molecule is Cc1c(C(=O)O)c2ccccc2c(=O)n1NC(C)(C)C. The van der Waals surface area contributed by atoms with Crippen LogP contribution in [0.4, 0.5) is 0 Å². The van der Waals surface area contributed by atoms with Gasteiger partial charge in [-0.2, -0.15) is 0 Å². The summed E-state index contributed by atoms with van der Waals surface area (Å²) in [6.45, 7) is 7.37. The number of carboxylic acid groups (broad SMARTS) is 1. The first-order chi connectivity index (χ1) is 9.22. The third-order valence-electron chi connectivity index (χ3n) is 2.99. The van der Waals surface area contributed by atoms with E-state index in [4.69, 9.17) is 0 Å². The van der Waals surface area contributed by atoms with E-state index < -0.39 is 5.97 Å². The van der Waals surface area contributed by atoms with Crippen molar-refractivity contribution in [1.82, 2.24) is 4.68 Å². The van der Waals surface area contributed by atoms with Crippen LogP contribution in [0.25, 0.3) is 10.8 Å². The Morgan fingerprint density at radius 2 is 1.75 bits per heavy atom. The molecule has 0 bridgehead atoms. The lowest BCUT2D eigenvalue weighted by Crippen LogP contribution is -2.42. The van der Waals surface area contributed by atoms with Gasteiger partial charge in [0.05, 0.1) is 11.3 Å². The normalized spacial score (nSPS) is 11.6. The fourth-order valence-corrected chi connectivity index (χ4v) is 2.21. The maximum absolute atomic E-state index is 12.5. The van der Waals surface area contributed by atoms with E-state index >= 15 is 0 Å². The van der Waals surface area contributed by atoms with E-state index in [1.165, 1.54) is 4.68 Å².